The number of fused-ring (bicyclic) bond motifs is 1. The standard InChI is InChI=1S/C15H22N2/c1-12-5-6-14-13(9-12)10-16-11-15(14)17-7-3-2-4-8-17/h5-6,9,15-16H,2-4,7-8,10-11H2,1H3/t15-/m0/s1. The van der Waals surface area contributed by atoms with Gasteiger partial charge in [-0.2, -0.15) is 0 Å². The molecular weight excluding hydrogens is 208 g/mol. The van der Waals surface area contributed by atoms with Gasteiger partial charge in [0, 0.05) is 19.1 Å². The fraction of sp³-hybridized carbons (Fsp3) is 0.600. The molecule has 0 spiro atoms. The van der Waals surface area contributed by atoms with Crippen LogP contribution in [0.2, 0.25) is 0 Å². The molecule has 17 heavy (non-hydrogen) atoms. The Bertz CT molecular complexity index is 394. The summed E-state index contributed by atoms with van der Waals surface area (Å²) in [7, 11) is 0. The van der Waals surface area contributed by atoms with Gasteiger partial charge in [0.1, 0.15) is 0 Å². The fourth-order valence-corrected chi connectivity index (χ4v) is 3.22. The molecule has 0 bridgehead atoms. The molecule has 1 fully saturated rings. The Labute approximate surface area is 104 Å². The number of aryl methyl sites for hydroxylation is 1. The molecule has 1 aromatic rings. The van der Waals surface area contributed by atoms with E-state index < -0.39 is 0 Å². The first kappa shape index (κ1) is 11.2. The quantitative estimate of drug-likeness (QED) is 0.798. The van der Waals surface area contributed by atoms with E-state index in [-0.39, 0.29) is 0 Å². The van der Waals surface area contributed by atoms with E-state index in [1.165, 1.54) is 43.5 Å². The largest absolute Gasteiger partial charge is 0.311 e. The smallest absolute Gasteiger partial charge is 0.0476 e. The fourth-order valence-electron chi connectivity index (χ4n) is 3.22. The van der Waals surface area contributed by atoms with Crippen LogP contribution in [-0.4, -0.2) is 24.5 Å². The van der Waals surface area contributed by atoms with Gasteiger partial charge in [-0.3, -0.25) is 4.90 Å². The van der Waals surface area contributed by atoms with Crippen LogP contribution in [0.3, 0.4) is 0 Å². The number of hydrogen-bond acceptors (Lipinski definition) is 2. The van der Waals surface area contributed by atoms with Gasteiger partial charge in [0.15, 0.2) is 0 Å². The minimum atomic E-state index is 0.611. The van der Waals surface area contributed by atoms with E-state index >= 15 is 0 Å². The van der Waals surface area contributed by atoms with Gasteiger partial charge in [-0.15, -0.1) is 0 Å². The van der Waals surface area contributed by atoms with Crippen molar-refractivity contribution in [3.05, 3.63) is 34.9 Å². The molecule has 2 aliphatic rings. The summed E-state index contributed by atoms with van der Waals surface area (Å²) in [5.74, 6) is 0. The summed E-state index contributed by atoms with van der Waals surface area (Å²) in [6.07, 6.45) is 4.16. The molecule has 1 N–H and O–H groups in total. The van der Waals surface area contributed by atoms with Crippen molar-refractivity contribution in [1.29, 1.82) is 0 Å². The van der Waals surface area contributed by atoms with Gasteiger partial charge < -0.3 is 5.32 Å². The highest BCUT2D eigenvalue weighted by molar-refractivity contribution is 5.35. The topological polar surface area (TPSA) is 15.3 Å². The van der Waals surface area contributed by atoms with Crippen molar-refractivity contribution in [2.24, 2.45) is 0 Å². The first-order chi connectivity index (χ1) is 8.34. The van der Waals surface area contributed by atoms with Crippen molar-refractivity contribution in [1.82, 2.24) is 10.2 Å². The molecule has 0 radical (unpaired) electrons. The zero-order valence-corrected chi connectivity index (χ0v) is 10.7. The molecule has 3 rings (SSSR count). The first-order valence-electron chi connectivity index (χ1n) is 6.89. The highest BCUT2D eigenvalue weighted by Gasteiger charge is 2.26. The van der Waals surface area contributed by atoms with Crippen LogP contribution in [0.1, 0.15) is 42.0 Å². The van der Waals surface area contributed by atoms with Gasteiger partial charge in [-0.05, 0) is 44.0 Å². The Kier molecular flexibility index (Phi) is 3.17. The first-order valence-corrected chi connectivity index (χ1v) is 6.89. The Morgan fingerprint density at radius 3 is 2.82 bits per heavy atom. The Hall–Kier alpha value is -0.860. The predicted octanol–water partition coefficient (Wildman–Crippen LogP) is 2.63. The number of rotatable bonds is 1. The van der Waals surface area contributed by atoms with Crippen molar-refractivity contribution in [3.63, 3.8) is 0 Å². The molecule has 1 saturated heterocycles. The third-order valence-electron chi connectivity index (χ3n) is 4.14. The van der Waals surface area contributed by atoms with Crippen molar-refractivity contribution in [2.75, 3.05) is 19.6 Å². The summed E-state index contributed by atoms with van der Waals surface area (Å²) in [4.78, 5) is 2.67. The molecule has 0 aromatic heterocycles. The van der Waals surface area contributed by atoms with Crippen LogP contribution in [-0.2, 0) is 6.54 Å². The Balaban J connectivity index is 1.88. The SMILES string of the molecule is Cc1ccc2c(c1)CNC[C@@H]2N1CCCCC1. The van der Waals surface area contributed by atoms with E-state index in [4.69, 9.17) is 0 Å². The summed E-state index contributed by atoms with van der Waals surface area (Å²) >= 11 is 0. The number of likely N-dealkylation sites (tertiary alicyclic amines) is 1. The third kappa shape index (κ3) is 2.24. The summed E-state index contributed by atoms with van der Waals surface area (Å²) < 4.78 is 0. The van der Waals surface area contributed by atoms with Gasteiger partial charge in [-0.25, -0.2) is 0 Å². The molecule has 2 nitrogen and oxygen atoms in total. The second-order valence-corrected chi connectivity index (χ2v) is 5.45. The van der Waals surface area contributed by atoms with E-state index in [1.54, 1.807) is 5.56 Å². The molecule has 2 heterocycles. The van der Waals surface area contributed by atoms with Gasteiger partial charge in [0.05, 0.1) is 0 Å². The van der Waals surface area contributed by atoms with Crippen LogP contribution < -0.4 is 5.32 Å². The minimum Gasteiger partial charge on any atom is -0.311 e. The second-order valence-electron chi connectivity index (χ2n) is 5.45. The van der Waals surface area contributed by atoms with Crippen LogP contribution in [0, 0.1) is 6.92 Å². The number of nitrogens with one attached hydrogen (secondary N) is 1. The number of piperidine rings is 1. The lowest BCUT2D eigenvalue weighted by atomic mass is 9.93. The van der Waals surface area contributed by atoms with Gasteiger partial charge in [-0.1, -0.05) is 30.2 Å². The molecule has 1 atom stereocenters. The maximum atomic E-state index is 3.57. The van der Waals surface area contributed by atoms with E-state index in [0.29, 0.717) is 6.04 Å². The minimum absolute atomic E-state index is 0.611. The van der Waals surface area contributed by atoms with Crippen LogP contribution in [0.4, 0.5) is 0 Å². The molecular formula is C15H22N2. The maximum Gasteiger partial charge on any atom is 0.0476 e. The molecule has 92 valence electrons. The highest BCUT2D eigenvalue weighted by atomic mass is 15.2. The Morgan fingerprint density at radius 1 is 1.18 bits per heavy atom. The van der Waals surface area contributed by atoms with E-state index in [2.05, 4.69) is 35.3 Å². The van der Waals surface area contributed by atoms with Gasteiger partial charge in [0.25, 0.3) is 0 Å². The molecule has 1 aromatic carbocycles. The predicted molar refractivity (Wildman–Crippen MR) is 71.1 cm³/mol. The molecule has 0 amide bonds. The van der Waals surface area contributed by atoms with Crippen molar-refractivity contribution >= 4 is 0 Å². The van der Waals surface area contributed by atoms with Gasteiger partial charge >= 0.3 is 0 Å². The molecule has 2 heteroatoms. The monoisotopic (exact) mass is 230 g/mol. The lowest BCUT2D eigenvalue weighted by Gasteiger charge is -2.38. The summed E-state index contributed by atoms with van der Waals surface area (Å²) in [6.45, 7) is 6.90. The van der Waals surface area contributed by atoms with Crippen molar-refractivity contribution in [2.45, 2.75) is 38.8 Å². The lowest BCUT2D eigenvalue weighted by molar-refractivity contribution is 0.154. The van der Waals surface area contributed by atoms with E-state index in [1.807, 2.05) is 0 Å². The summed E-state index contributed by atoms with van der Waals surface area (Å²) in [5, 5.41) is 3.57. The number of benzene rings is 1. The third-order valence-corrected chi connectivity index (χ3v) is 4.14. The van der Waals surface area contributed by atoms with Crippen LogP contribution in [0.5, 0.6) is 0 Å². The average molecular weight is 230 g/mol. The van der Waals surface area contributed by atoms with Crippen LogP contribution in [0.25, 0.3) is 0 Å². The van der Waals surface area contributed by atoms with Crippen LogP contribution >= 0.6 is 0 Å². The molecule has 0 saturated carbocycles. The summed E-state index contributed by atoms with van der Waals surface area (Å²) in [6, 6.07) is 7.57. The number of hydrogen-bond donors (Lipinski definition) is 1. The normalized spacial score (nSPS) is 25.6. The lowest BCUT2D eigenvalue weighted by Crippen LogP contribution is -2.42. The molecule has 2 aliphatic heterocycles. The van der Waals surface area contributed by atoms with Crippen LogP contribution in [0.15, 0.2) is 18.2 Å². The molecule has 0 aliphatic carbocycles. The number of nitrogens with zero attached hydrogens (tertiary/aromatic N) is 1. The van der Waals surface area contributed by atoms with E-state index in [0.717, 1.165) is 13.1 Å². The average Bonchev–Trinajstić information content (AvgIpc) is 2.39. The van der Waals surface area contributed by atoms with Gasteiger partial charge in [0.2, 0.25) is 0 Å². The zero-order chi connectivity index (χ0) is 11.7. The molecule has 0 unspecified atom stereocenters. The maximum absolute atomic E-state index is 3.57. The van der Waals surface area contributed by atoms with Crippen molar-refractivity contribution in [3.8, 4) is 0 Å². The zero-order valence-electron chi connectivity index (χ0n) is 10.7. The highest BCUT2D eigenvalue weighted by Crippen LogP contribution is 2.29. The Morgan fingerprint density at radius 2 is 2.00 bits per heavy atom. The van der Waals surface area contributed by atoms with E-state index in [9.17, 15) is 0 Å². The second kappa shape index (κ2) is 4.79. The summed E-state index contributed by atoms with van der Waals surface area (Å²) in [5.41, 5.74) is 4.45. The van der Waals surface area contributed by atoms with Crippen molar-refractivity contribution < 1.29 is 0 Å².